The van der Waals surface area contributed by atoms with Gasteiger partial charge in [0.1, 0.15) is 5.75 Å². The molecule has 0 fully saturated rings. The molecule has 0 saturated heterocycles. The van der Waals surface area contributed by atoms with Crippen LogP contribution in [0.4, 0.5) is 0 Å². The van der Waals surface area contributed by atoms with Crippen LogP contribution in [0.3, 0.4) is 0 Å². The van der Waals surface area contributed by atoms with Crippen LogP contribution in [0.25, 0.3) is 0 Å². The maximum absolute atomic E-state index is 5.43. The zero-order chi connectivity index (χ0) is 18.2. The molecule has 0 aliphatic heterocycles. The summed E-state index contributed by atoms with van der Waals surface area (Å²) in [6.45, 7) is 5.90. The number of hydrogen-bond donors (Lipinski definition) is 1. The van der Waals surface area contributed by atoms with E-state index in [9.17, 15) is 0 Å². The number of aromatic nitrogens is 1. The van der Waals surface area contributed by atoms with Crippen molar-refractivity contribution in [3.8, 4) is 5.75 Å². The van der Waals surface area contributed by atoms with Gasteiger partial charge in [-0.2, -0.15) is 0 Å². The summed E-state index contributed by atoms with van der Waals surface area (Å²) >= 11 is 1.74. The molecular formula is C19H29IN4OS. The second kappa shape index (κ2) is 11.4. The number of hydrogen-bond acceptors (Lipinski definition) is 4. The standard InChI is InChI=1S/C19H28N4OS.HI/c1-14(2)18-22-16(13-25-18)10-11-21-19(20-3)23(4)12-15-8-6-7-9-17(15)24-5;/h6-9,13-14H,10-12H2,1-5H3,(H,20,21);1H. The number of rotatable bonds is 7. The Bertz CT molecular complexity index is 702. The molecular weight excluding hydrogens is 459 g/mol. The third-order valence-corrected chi connectivity index (χ3v) is 5.10. The number of thiazole rings is 1. The van der Waals surface area contributed by atoms with E-state index in [1.54, 1.807) is 25.5 Å². The van der Waals surface area contributed by atoms with Gasteiger partial charge in [0.25, 0.3) is 0 Å². The molecule has 0 bridgehead atoms. The van der Waals surface area contributed by atoms with Gasteiger partial charge >= 0.3 is 0 Å². The zero-order valence-corrected chi connectivity index (χ0v) is 19.3. The van der Waals surface area contributed by atoms with Crippen molar-refractivity contribution in [1.82, 2.24) is 15.2 Å². The monoisotopic (exact) mass is 488 g/mol. The maximum Gasteiger partial charge on any atom is 0.193 e. The van der Waals surface area contributed by atoms with Crippen molar-refractivity contribution in [2.24, 2.45) is 4.99 Å². The van der Waals surface area contributed by atoms with Gasteiger partial charge in [-0.05, 0) is 6.07 Å². The Balaban J connectivity index is 0.00000338. The number of guanidine groups is 1. The summed E-state index contributed by atoms with van der Waals surface area (Å²) in [7, 11) is 5.54. The van der Waals surface area contributed by atoms with Crippen LogP contribution in [0.1, 0.15) is 36.0 Å². The second-order valence-electron chi connectivity index (χ2n) is 6.22. The Hall–Kier alpha value is -1.35. The molecule has 0 radical (unpaired) electrons. The van der Waals surface area contributed by atoms with E-state index in [2.05, 4.69) is 45.5 Å². The Kier molecular flexibility index (Phi) is 9.93. The van der Waals surface area contributed by atoms with Gasteiger partial charge in [-0.1, -0.05) is 32.0 Å². The number of aliphatic imine (C=N–C) groups is 1. The topological polar surface area (TPSA) is 49.8 Å². The fraction of sp³-hybridized carbons (Fsp3) is 0.474. The van der Waals surface area contributed by atoms with Gasteiger partial charge in [0.15, 0.2) is 5.96 Å². The first-order valence-electron chi connectivity index (χ1n) is 8.53. The van der Waals surface area contributed by atoms with Crippen molar-refractivity contribution < 1.29 is 4.74 Å². The largest absolute Gasteiger partial charge is 0.496 e. The van der Waals surface area contributed by atoms with Crippen molar-refractivity contribution in [1.29, 1.82) is 0 Å². The summed E-state index contributed by atoms with van der Waals surface area (Å²) in [5, 5.41) is 6.77. The van der Waals surface area contributed by atoms with Crippen LogP contribution in [-0.2, 0) is 13.0 Å². The van der Waals surface area contributed by atoms with E-state index >= 15 is 0 Å². The third-order valence-electron chi connectivity index (χ3n) is 3.90. The molecule has 0 spiro atoms. The molecule has 26 heavy (non-hydrogen) atoms. The fourth-order valence-corrected chi connectivity index (χ4v) is 3.42. The molecule has 1 N–H and O–H groups in total. The summed E-state index contributed by atoms with van der Waals surface area (Å²) < 4.78 is 5.43. The first-order chi connectivity index (χ1) is 12.0. The number of halogens is 1. The van der Waals surface area contributed by atoms with Crippen LogP contribution in [0.2, 0.25) is 0 Å². The third kappa shape index (κ3) is 6.42. The Labute approximate surface area is 177 Å². The lowest BCUT2D eigenvalue weighted by Crippen LogP contribution is -2.39. The minimum absolute atomic E-state index is 0. The Morgan fingerprint density at radius 2 is 2.08 bits per heavy atom. The van der Waals surface area contributed by atoms with E-state index in [0.717, 1.165) is 42.5 Å². The SMILES string of the molecule is CN=C(NCCc1csc(C(C)C)n1)N(C)Cc1ccccc1OC.I. The summed E-state index contributed by atoms with van der Waals surface area (Å²) in [5.41, 5.74) is 2.28. The number of methoxy groups -OCH3 is 1. The summed E-state index contributed by atoms with van der Waals surface area (Å²) in [6.07, 6.45) is 0.894. The Morgan fingerprint density at radius 1 is 1.35 bits per heavy atom. The van der Waals surface area contributed by atoms with Crippen molar-refractivity contribution in [3.63, 3.8) is 0 Å². The summed E-state index contributed by atoms with van der Waals surface area (Å²) in [5.74, 6) is 2.25. The molecule has 1 aromatic heterocycles. The molecule has 2 aromatic rings. The van der Waals surface area contributed by atoms with E-state index in [1.807, 2.05) is 25.2 Å². The van der Waals surface area contributed by atoms with Gasteiger partial charge in [0, 0.05) is 50.5 Å². The molecule has 144 valence electrons. The number of para-hydroxylation sites is 1. The summed E-state index contributed by atoms with van der Waals surface area (Å²) in [6, 6.07) is 8.06. The van der Waals surface area contributed by atoms with E-state index in [1.165, 1.54) is 5.01 Å². The lowest BCUT2D eigenvalue weighted by Gasteiger charge is -2.23. The number of nitrogens with one attached hydrogen (secondary N) is 1. The van der Waals surface area contributed by atoms with Crippen LogP contribution < -0.4 is 10.1 Å². The molecule has 1 aromatic carbocycles. The molecule has 5 nitrogen and oxygen atoms in total. The maximum atomic E-state index is 5.43. The van der Waals surface area contributed by atoms with E-state index in [-0.39, 0.29) is 24.0 Å². The molecule has 7 heteroatoms. The van der Waals surface area contributed by atoms with E-state index in [0.29, 0.717) is 5.92 Å². The predicted octanol–water partition coefficient (Wildman–Crippen LogP) is 4.14. The van der Waals surface area contributed by atoms with Crippen LogP contribution in [-0.4, -0.2) is 43.6 Å². The fourth-order valence-electron chi connectivity index (χ4n) is 2.55. The van der Waals surface area contributed by atoms with Gasteiger partial charge in [-0.15, -0.1) is 35.3 Å². The highest BCUT2D eigenvalue weighted by Gasteiger charge is 2.10. The molecule has 0 amide bonds. The molecule has 0 atom stereocenters. The number of nitrogens with zero attached hydrogens (tertiary/aromatic N) is 3. The molecule has 1 heterocycles. The molecule has 2 rings (SSSR count). The first kappa shape index (κ1) is 22.7. The van der Waals surface area contributed by atoms with Gasteiger partial charge in [0.05, 0.1) is 17.8 Å². The highest BCUT2D eigenvalue weighted by molar-refractivity contribution is 14.0. The van der Waals surface area contributed by atoms with Crippen LogP contribution in [0.15, 0.2) is 34.6 Å². The van der Waals surface area contributed by atoms with E-state index < -0.39 is 0 Å². The van der Waals surface area contributed by atoms with Crippen LogP contribution in [0.5, 0.6) is 5.75 Å². The zero-order valence-electron chi connectivity index (χ0n) is 16.2. The average Bonchev–Trinajstić information content (AvgIpc) is 3.08. The van der Waals surface area contributed by atoms with Crippen LogP contribution >= 0.6 is 35.3 Å². The molecule has 0 saturated carbocycles. The summed E-state index contributed by atoms with van der Waals surface area (Å²) in [4.78, 5) is 11.1. The quantitative estimate of drug-likeness (QED) is 0.362. The van der Waals surface area contributed by atoms with Crippen molar-refractivity contribution in [3.05, 3.63) is 45.9 Å². The van der Waals surface area contributed by atoms with E-state index in [4.69, 9.17) is 4.74 Å². The van der Waals surface area contributed by atoms with Gasteiger partial charge < -0.3 is 15.0 Å². The highest BCUT2D eigenvalue weighted by Crippen LogP contribution is 2.20. The highest BCUT2D eigenvalue weighted by atomic mass is 127. The lowest BCUT2D eigenvalue weighted by atomic mass is 10.2. The molecule has 0 aliphatic rings. The number of benzene rings is 1. The van der Waals surface area contributed by atoms with Crippen molar-refractivity contribution in [2.45, 2.75) is 32.7 Å². The molecule has 0 unspecified atom stereocenters. The first-order valence-corrected chi connectivity index (χ1v) is 9.41. The number of ether oxygens (including phenoxy) is 1. The second-order valence-corrected chi connectivity index (χ2v) is 7.11. The molecule has 0 aliphatic carbocycles. The predicted molar refractivity (Wildman–Crippen MR) is 121 cm³/mol. The minimum Gasteiger partial charge on any atom is -0.496 e. The minimum atomic E-state index is 0. The van der Waals surface area contributed by atoms with Crippen molar-refractivity contribution >= 4 is 41.3 Å². The normalized spacial score (nSPS) is 11.2. The lowest BCUT2D eigenvalue weighted by molar-refractivity contribution is 0.396. The van der Waals surface area contributed by atoms with Gasteiger partial charge in [-0.25, -0.2) is 4.98 Å². The average molecular weight is 488 g/mol. The van der Waals surface area contributed by atoms with Gasteiger partial charge in [0.2, 0.25) is 0 Å². The Morgan fingerprint density at radius 3 is 2.69 bits per heavy atom. The van der Waals surface area contributed by atoms with Crippen molar-refractivity contribution in [2.75, 3.05) is 27.7 Å². The van der Waals surface area contributed by atoms with Crippen LogP contribution in [0, 0.1) is 0 Å². The smallest absolute Gasteiger partial charge is 0.193 e. The van der Waals surface area contributed by atoms with Gasteiger partial charge in [-0.3, -0.25) is 4.99 Å².